The molecule has 1 atom stereocenters. The normalized spacial score (nSPS) is 12.5. The van der Waals surface area contributed by atoms with Crippen LogP contribution in [0.15, 0.2) is 63.1 Å². The first-order chi connectivity index (χ1) is 12.1. The van der Waals surface area contributed by atoms with Crippen molar-refractivity contribution in [3.8, 4) is 0 Å². The second kappa shape index (κ2) is 6.22. The number of esters is 1. The molecule has 0 saturated heterocycles. The molecule has 0 amide bonds. The lowest BCUT2D eigenvalue weighted by Crippen LogP contribution is -2.26. The van der Waals surface area contributed by atoms with Crippen molar-refractivity contribution in [3.05, 3.63) is 70.0 Å². The van der Waals surface area contributed by atoms with E-state index < -0.39 is 17.8 Å². The molecule has 5 nitrogen and oxygen atoms in total. The van der Waals surface area contributed by atoms with Crippen LogP contribution in [0, 0.1) is 0 Å². The SMILES string of the molecule is CC(C(=O)OCc1csc2ccccc12)n1c(=O)oc2ccccc21. The number of para-hydroxylation sites is 2. The molecule has 126 valence electrons. The number of thiophene rings is 1. The maximum absolute atomic E-state index is 12.4. The summed E-state index contributed by atoms with van der Waals surface area (Å²) < 4.78 is 13.1. The summed E-state index contributed by atoms with van der Waals surface area (Å²) in [5, 5.41) is 3.07. The third kappa shape index (κ3) is 2.74. The first-order valence-electron chi connectivity index (χ1n) is 7.87. The van der Waals surface area contributed by atoms with Gasteiger partial charge in [0.1, 0.15) is 12.6 Å². The highest BCUT2D eigenvalue weighted by atomic mass is 32.1. The van der Waals surface area contributed by atoms with Crippen LogP contribution >= 0.6 is 11.3 Å². The van der Waals surface area contributed by atoms with Crippen molar-refractivity contribution in [2.75, 3.05) is 0 Å². The quantitative estimate of drug-likeness (QED) is 0.518. The van der Waals surface area contributed by atoms with Crippen LogP contribution in [0.4, 0.5) is 0 Å². The van der Waals surface area contributed by atoms with Gasteiger partial charge in [-0.25, -0.2) is 9.59 Å². The fourth-order valence-corrected chi connectivity index (χ4v) is 3.82. The highest BCUT2D eigenvalue weighted by molar-refractivity contribution is 7.17. The van der Waals surface area contributed by atoms with Crippen LogP contribution in [0.2, 0.25) is 0 Å². The van der Waals surface area contributed by atoms with Gasteiger partial charge in [0.25, 0.3) is 0 Å². The molecule has 4 rings (SSSR count). The van der Waals surface area contributed by atoms with Gasteiger partial charge in [0.05, 0.1) is 5.52 Å². The molecule has 25 heavy (non-hydrogen) atoms. The molecule has 2 aromatic heterocycles. The Hall–Kier alpha value is -2.86. The minimum absolute atomic E-state index is 0.178. The average molecular weight is 353 g/mol. The molecule has 0 N–H and O–H groups in total. The molecule has 0 spiro atoms. The Kier molecular flexibility index (Phi) is 3.89. The number of nitrogens with zero attached hydrogens (tertiary/aromatic N) is 1. The molecule has 0 bridgehead atoms. The molecule has 2 heterocycles. The van der Waals surface area contributed by atoms with Gasteiger partial charge in [-0.3, -0.25) is 4.57 Å². The van der Waals surface area contributed by atoms with Crippen molar-refractivity contribution >= 4 is 38.5 Å². The van der Waals surface area contributed by atoms with Crippen LogP contribution in [-0.2, 0) is 16.1 Å². The fraction of sp³-hybridized carbons (Fsp3) is 0.158. The number of fused-ring (bicyclic) bond motifs is 2. The van der Waals surface area contributed by atoms with E-state index in [1.807, 2.05) is 29.6 Å². The van der Waals surface area contributed by atoms with Crippen LogP contribution in [-0.4, -0.2) is 10.5 Å². The average Bonchev–Trinajstić information content (AvgIpc) is 3.19. The van der Waals surface area contributed by atoms with Crippen LogP contribution in [0.3, 0.4) is 0 Å². The molecule has 6 heteroatoms. The van der Waals surface area contributed by atoms with E-state index in [0.717, 1.165) is 15.6 Å². The molecular weight excluding hydrogens is 338 g/mol. The Morgan fingerprint density at radius 2 is 1.96 bits per heavy atom. The predicted molar refractivity (Wildman–Crippen MR) is 96.8 cm³/mol. The lowest BCUT2D eigenvalue weighted by molar-refractivity contribution is -0.148. The lowest BCUT2D eigenvalue weighted by Gasteiger charge is -2.12. The summed E-state index contributed by atoms with van der Waals surface area (Å²) >= 11 is 1.61. The Balaban J connectivity index is 1.56. The van der Waals surface area contributed by atoms with E-state index in [4.69, 9.17) is 9.15 Å². The number of hydrogen-bond donors (Lipinski definition) is 0. The van der Waals surface area contributed by atoms with Crippen molar-refractivity contribution in [2.24, 2.45) is 0 Å². The van der Waals surface area contributed by atoms with E-state index in [9.17, 15) is 9.59 Å². The predicted octanol–water partition coefficient (Wildman–Crippen LogP) is 4.11. The summed E-state index contributed by atoms with van der Waals surface area (Å²) in [6.45, 7) is 1.81. The molecule has 0 aliphatic carbocycles. The molecule has 2 aromatic carbocycles. The highest BCUT2D eigenvalue weighted by Crippen LogP contribution is 2.26. The Morgan fingerprint density at radius 1 is 1.20 bits per heavy atom. The van der Waals surface area contributed by atoms with Gasteiger partial charge < -0.3 is 9.15 Å². The minimum Gasteiger partial charge on any atom is -0.459 e. The van der Waals surface area contributed by atoms with Crippen LogP contribution < -0.4 is 5.76 Å². The summed E-state index contributed by atoms with van der Waals surface area (Å²) in [6, 6.07) is 14.2. The maximum atomic E-state index is 12.4. The van der Waals surface area contributed by atoms with Gasteiger partial charge >= 0.3 is 11.7 Å². The summed E-state index contributed by atoms with van der Waals surface area (Å²) in [7, 11) is 0. The van der Waals surface area contributed by atoms with E-state index >= 15 is 0 Å². The van der Waals surface area contributed by atoms with Crippen molar-refractivity contribution in [1.82, 2.24) is 4.57 Å². The van der Waals surface area contributed by atoms with Gasteiger partial charge in [0.2, 0.25) is 0 Å². The van der Waals surface area contributed by atoms with Crippen LogP contribution in [0.1, 0.15) is 18.5 Å². The van der Waals surface area contributed by atoms with Gasteiger partial charge in [0, 0.05) is 10.3 Å². The van der Waals surface area contributed by atoms with Gasteiger partial charge in [-0.2, -0.15) is 0 Å². The number of aromatic nitrogens is 1. The summed E-state index contributed by atoms with van der Waals surface area (Å²) in [6.07, 6.45) is 0. The smallest absolute Gasteiger partial charge is 0.420 e. The summed E-state index contributed by atoms with van der Waals surface area (Å²) in [4.78, 5) is 24.5. The zero-order chi connectivity index (χ0) is 17.4. The monoisotopic (exact) mass is 353 g/mol. The van der Waals surface area contributed by atoms with E-state index in [2.05, 4.69) is 0 Å². The number of carbonyl (C=O) groups is 1. The Labute approximate surface area is 147 Å². The van der Waals surface area contributed by atoms with Crippen LogP contribution in [0.25, 0.3) is 21.2 Å². The first kappa shape index (κ1) is 15.7. The molecule has 0 saturated carbocycles. The number of carbonyl (C=O) groups excluding carboxylic acids is 1. The second-order valence-electron chi connectivity index (χ2n) is 5.75. The third-order valence-electron chi connectivity index (χ3n) is 4.18. The Morgan fingerprint density at radius 3 is 2.84 bits per heavy atom. The largest absolute Gasteiger partial charge is 0.459 e. The number of rotatable bonds is 4. The third-order valence-corrected chi connectivity index (χ3v) is 5.19. The van der Waals surface area contributed by atoms with Crippen molar-refractivity contribution in [1.29, 1.82) is 0 Å². The molecule has 1 unspecified atom stereocenters. The van der Waals surface area contributed by atoms with Gasteiger partial charge in [-0.05, 0) is 35.9 Å². The zero-order valence-electron chi connectivity index (χ0n) is 13.5. The highest BCUT2D eigenvalue weighted by Gasteiger charge is 2.22. The number of oxazole rings is 1. The minimum atomic E-state index is -0.763. The topological polar surface area (TPSA) is 61.4 Å². The maximum Gasteiger partial charge on any atom is 0.420 e. The second-order valence-corrected chi connectivity index (χ2v) is 6.66. The molecule has 4 aromatic rings. The molecule has 0 aliphatic heterocycles. The number of benzene rings is 2. The first-order valence-corrected chi connectivity index (χ1v) is 8.75. The van der Waals surface area contributed by atoms with Crippen molar-refractivity contribution in [3.63, 3.8) is 0 Å². The molecule has 0 radical (unpaired) electrons. The fourth-order valence-electron chi connectivity index (χ4n) is 2.87. The van der Waals surface area contributed by atoms with Gasteiger partial charge in [0.15, 0.2) is 5.58 Å². The standard InChI is InChI=1S/C19H15NO4S/c1-12(20-15-7-3-4-8-16(15)24-19(20)22)18(21)23-10-13-11-25-17-9-5-2-6-14(13)17/h2-9,11-12H,10H2,1H3. The lowest BCUT2D eigenvalue weighted by atomic mass is 10.2. The Bertz CT molecular complexity index is 1120. The van der Waals surface area contributed by atoms with E-state index in [1.165, 1.54) is 4.57 Å². The molecule has 0 fully saturated rings. The number of ether oxygens (including phenoxy) is 1. The zero-order valence-corrected chi connectivity index (χ0v) is 14.3. The van der Waals surface area contributed by atoms with Crippen molar-refractivity contribution in [2.45, 2.75) is 19.6 Å². The van der Waals surface area contributed by atoms with E-state index in [-0.39, 0.29) is 6.61 Å². The van der Waals surface area contributed by atoms with Gasteiger partial charge in [-0.1, -0.05) is 30.3 Å². The summed E-state index contributed by atoms with van der Waals surface area (Å²) in [5.41, 5.74) is 2.00. The summed E-state index contributed by atoms with van der Waals surface area (Å²) in [5.74, 6) is -1.03. The molecular formula is C19H15NO4S. The van der Waals surface area contributed by atoms with Crippen LogP contribution in [0.5, 0.6) is 0 Å². The number of hydrogen-bond acceptors (Lipinski definition) is 5. The van der Waals surface area contributed by atoms with E-state index in [0.29, 0.717) is 11.1 Å². The van der Waals surface area contributed by atoms with Gasteiger partial charge in [-0.15, -0.1) is 11.3 Å². The molecule has 0 aliphatic rings. The van der Waals surface area contributed by atoms with E-state index in [1.54, 1.807) is 42.5 Å². The van der Waals surface area contributed by atoms with Crippen molar-refractivity contribution < 1.29 is 13.9 Å².